The van der Waals surface area contributed by atoms with Crippen molar-refractivity contribution in [3.8, 4) is 45.3 Å². The number of methoxy groups -OCH3 is 4. The molecular weight excluding hydrogens is 868 g/mol. The molecular formula is C39H38Br2N8O4S2. The van der Waals surface area contributed by atoms with Crippen LogP contribution in [-0.2, 0) is 6.42 Å². The van der Waals surface area contributed by atoms with E-state index in [0.717, 1.165) is 64.4 Å². The van der Waals surface area contributed by atoms with Gasteiger partial charge in [0.2, 0.25) is 0 Å². The Kier molecular flexibility index (Phi) is 12.6. The molecule has 2 heterocycles. The van der Waals surface area contributed by atoms with Gasteiger partial charge in [-0.15, -0.1) is 0 Å². The number of H-pyrrole nitrogens is 2. The van der Waals surface area contributed by atoms with Crippen molar-refractivity contribution in [2.24, 2.45) is 10.2 Å². The van der Waals surface area contributed by atoms with Crippen LogP contribution in [0.2, 0.25) is 0 Å². The third kappa shape index (κ3) is 8.12. The molecule has 0 amide bonds. The predicted octanol–water partition coefficient (Wildman–Crippen LogP) is 7.99. The molecule has 0 aliphatic rings. The van der Waals surface area contributed by atoms with E-state index in [-0.39, 0.29) is 0 Å². The number of nitrogens with one attached hydrogen (secondary N) is 6. The van der Waals surface area contributed by atoms with E-state index >= 15 is 0 Å². The molecule has 12 nitrogen and oxygen atoms in total. The Morgan fingerprint density at radius 2 is 0.982 bits per heavy atom. The van der Waals surface area contributed by atoms with E-state index in [1.54, 1.807) is 55.0 Å². The summed E-state index contributed by atoms with van der Waals surface area (Å²) in [6, 6.07) is 20.1. The number of hydrazone groups is 2. The van der Waals surface area contributed by atoms with Crippen LogP contribution in [0, 0.1) is 0 Å². The quantitative estimate of drug-likeness (QED) is 0.0407. The second-order valence-corrected chi connectivity index (χ2v) is 14.6. The van der Waals surface area contributed by atoms with Crippen molar-refractivity contribution in [2.45, 2.75) is 6.42 Å². The van der Waals surface area contributed by atoms with E-state index in [0.29, 0.717) is 50.8 Å². The molecule has 0 unspecified atom stereocenters. The van der Waals surface area contributed by atoms with Crippen LogP contribution in [0.15, 0.2) is 79.8 Å². The van der Waals surface area contributed by atoms with Crippen molar-refractivity contribution < 1.29 is 18.9 Å². The number of hydrogen-bond donors (Lipinski definition) is 6. The number of rotatable bonds is 12. The van der Waals surface area contributed by atoms with Crippen LogP contribution in [0.1, 0.15) is 22.5 Å². The summed E-state index contributed by atoms with van der Waals surface area (Å²) in [6.45, 7) is 0. The highest BCUT2D eigenvalue weighted by atomic mass is 79.9. The monoisotopic (exact) mass is 904 g/mol. The lowest BCUT2D eigenvalue weighted by Crippen LogP contribution is -2.28. The molecule has 0 saturated carbocycles. The van der Waals surface area contributed by atoms with E-state index in [2.05, 4.69) is 97.8 Å². The highest BCUT2D eigenvalue weighted by molar-refractivity contribution is 9.10. The SMILES string of the molecule is CNC(=S)N/N=C/c1c(OC)cc(OC)c2c(-c3ccc(Br)cc3)c(Cc3[nH]c4c(/C=N/NC(=S)NC)c(OC)cc(OC)c4c3-c3ccc(Br)cc3)[nH]c12. The van der Waals surface area contributed by atoms with E-state index in [1.807, 2.05) is 36.4 Å². The molecule has 0 bridgehead atoms. The van der Waals surface area contributed by atoms with Crippen LogP contribution in [0.4, 0.5) is 0 Å². The molecule has 0 aliphatic heterocycles. The number of hydrogen-bond acceptors (Lipinski definition) is 8. The smallest absolute Gasteiger partial charge is 0.186 e. The number of halogens is 2. The van der Waals surface area contributed by atoms with Gasteiger partial charge < -0.3 is 39.5 Å². The Balaban J connectivity index is 1.68. The largest absolute Gasteiger partial charge is 0.496 e. The number of thiocarbonyl (C=S) groups is 2. The summed E-state index contributed by atoms with van der Waals surface area (Å²) in [5.74, 6) is 2.39. The van der Waals surface area contributed by atoms with Crippen LogP contribution in [0.5, 0.6) is 23.0 Å². The Morgan fingerprint density at radius 1 is 0.618 bits per heavy atom. The van der Waals surface area contributed by atoms with E-state index in [4.69, 9.17) is 43.4 Å². The second kappa shape index (κ2) is 17.5. The fourth-order valence-corrected chi connectivity index (χ4v) is 7.07. The lowest BCUT2D eigenvalue weighted by atomic mass is 9.95. The summed E-state index contributed by atoms with van der Waals surface area (Å²) >= 11 is 17.8. The molecule has 0 spiro atoms. The van der Waals surface area contributed by atoms with Crippen molar-refractivity contribution in [1.29, 1.82) is 0 Å². The van der Waals surface area contributed by atoms with E-state index in [9.17, 15) is 0 Å². The highest BCUT2D eigenvalue weighted by Crippen LogP contribution is 2.47. The van der Waals surface area contributed by atoms with Crippen molar-refractivity contribution in [1.82, 2.24) is 31.5 Å². The summed E-state index contributed by atoms with van der Waals surface area (Å²) in [7, 11) is 9.98. The molecule has 2 aromatic heterocycles. The Hall–Kier alpha value is -5.16. The first-order valence-corrected chi connectivity index (χ1v) is 19.2. The van der Waals surface area contributed by atoms with Gasteiger partial charge in [-0.2, -0.15) is 10.2 Å². The summed E-state index contributed by atoms with van der Waals surface area (Å²) in [6.07, 6.45) is 3.79. The topological polar surface area (TPSA) is 141 Å². The maximum atomic E-state index is 6.04. The number of nitrogens with zero attached hydrogens (tertiary/aromatic N) is 2. The van der Waals surface area contributed by atoms with Gasteiger partial charge in [-0.05, 0) is 59.8 Å². The van der Waals surface area contributed by atoms with Gasteiger partial charge in [-0.25, -0.2) is 0 Å². The molecule has 284 valence electrons. The molecule has 6 rings (SSSR count). The number of aromatic nitrogens is 2. The summed E-state index contributed by atoms with van der Waals surface area (Å²) in [5.41, 5.74) is 14.3. The lowest BCUT2D eigenvalue weighted by Gasteiger charge is -2.12. The fraction of sp³-hybridized carbons (Fsp3) is 0.179. The van der Waals surface area contributed by atoms with Crippen molar-refractivity contribution in [3.63, 3.8) is 0 Å². The Morgan fingerprint density at radius 3 is 1.31 bits per heavy atom. The van der Waals surface area contributed by atoms with Crippen LogP contribution in [0.25, 0.3) is 44.1 Å². The van der Waals surface area contributed by atoms with Gasteiger partial charge in [0.05, 0.1) is 73.8 Å². The molecule has 0 saturated heterocycles. The van der Waals surface area contributed by atoms with Crippen molar-refractivity contribution in [2.75, 3.05) is 42.5 Å². The fourth-order valence-electron chi connectivity index (χ4n) is 6.44. The van der Waals surface area contributed by atoms with E-state index in [1.165, 1.54) is 0 Å². The molecule has 6 aromatic rings. The first-order valence-electron chi connectivity index (χ1n) is 16.8. The molecule has 0 fully saturated rings. The minimum absolute atomic E-state index is 0.374. The molecule has 0 radical (unpaired) electrons. The number of fused-ring (bicyclic) bond motifs is 2. The lowest BCUT2D eigenvalue weighted by molar-refractivity contribution is 0.397. The standard InChI is InChI=1S/C39H38Br2N8O4S2/c1-42-38(54)48-44-18-24-28(50-3)16-30(52-5)34-32(20-7-11-22(40)12-8-20)26(46-36(24)34)15-27-33(21-9-13-23(41)14-10-21)35-31(53-6)17-29(51-4)25(37(35)47-27)19-45-49-39(55)43-2/h7-14,16-19,46-47H,15H2,1-6H3,(H2,42,48,54)(H2,43,49,55)/b44-18+,45-19+. The van der Waals surface area contributed by atoms with Crippen LogP contribution >= 0.6 is 56.3 Å². The van der Waals surface area contributed by atoms with Crippen LogP contribution in [0.3, 0.4) is 0 Å². The first kappa shape index (κ1) is 39.5. The first-order chi connectivity index (χ1) is 26.6. The van der Waals surface area contributed by atoms with Gasteiger partial charge in [-0.3, -0.25) is 10.9 Å². The van der Waals surface area contributed by atoms with Crippen LogP contribution in [-0.4, -0.2) is 75.2 Å². The zero-order valence-corrected chi connectivity index (χ0v) is 35.5. The van der Waals surface area contributed by atoms with Gasteiger partial charge in [0.15, 0.2) is 10.2 Å². The normalized spacial score (nSPS) is 11.3. The van der Waals surface area contributed by atoms with Crippen LogP contribution < -0.4 is 40.4 Å². The molecule has 55 heavy (non-hydrogen) atoms. The third-order valence-corrected chi connectivity index (χ3v) is 10.6. The van der Waals surface area contributed by atoms with Gasteiger partial charge >= 0.3 is 0 Å². The second-order valence-electron chi connectivity index (χ2n) is 11.9. The van der Waals surface area contributed by atoms with Gasteiger partial charge in [0.1, 0.15) is 23.0 Å². The summed E-state index contributed by atoms with van der Waals surface area (Å²) in [4.78, 5) is 7.53. The summed E-state index contributed by atoms with van der Waals surface area (Å²) < 4.78 is 25.7. The van der Waals surface area contributed by atoms with Gasteiger partial charge in [-0.1, -0.05) is 56.1 Å². The maximum absolute atomic E-state index is 6.04. The van der Waals surface area contributed by atoms with Gasteiger partial charge in [0.25, 0.3) is 0 Å². The third-order valence-electron chi connectivity index (χ3n) is 8.91. The zero-order chi connectivity index (χ0) is 39.2. The van der Waals surface area contributed by atoms with Crippen molar-refractivity contribution >= 4 is 101 Å². The number of ether oxygens (including phenoxy) is 4. The zero-order valence-electron chi connectivity index (χ0n) is 30.7. The molecule has 4 aromatic carbocycles. The van der Waals surface area contributed by atoms with Gasteiger partial charge in [0, 0.05) is 64.1 Å². The average Bonchev–Trinajstić information content (AvgIpc) is 3.77. The highest BCUT2D eigenvalue weighted by Gasteiger charge is 2.27. The summed E-state index contributed by atoms with van der Waals surface area (Å²) in [5, 5.41) is 17.1. The Bertz CT molecular complexity index is 2280. The maximum Gasteiger partial charge on any atom is 0.186 e. The molecule has 16 heteroatoms. The minimum atomic E-state index is 0.374. The molecule has 6 N–H and O–H groups in total. The molecule has 0 aliphatic carbocycles. The molecule has 0 atom stereocenters. The van der Waals surface area contributed by atoms with E-state index < -0.39 is 0 Å². The van der Waals surface area contributed by atoms with Crippen molar-refractivity contribution in [3.05, 3.63) is 92.1 Å². The Labute approximate surface area is 345 Å². The average molecular weight is 907 g/mol. The number of aromatic amines is 2. The number of benzene rings is 4. The predicted molar refractivity (Wildman–Crippen MR) is 237 cm³/mol. The minimum Gasteiger partial charge on any atom is -0.496 e.